The lowest BCUT2D eigenvalue weighted by atomic mass is 9.87. The minimum atomic E-state index is -0.587. The molecule has 0 bridgehead atoms. The molecule has 0 radical (unpaired) electrons. The summed E-state index contributed by atoms with van der Waals surface area (Å²) >= 11 is 0. The van der Waals surface area contributed by atoms with E-state index in [-0.39, 0.29) is 17.9 Å². The van der Waals surface area contributed by atoms with Gasteiger partial charge in [-0.05, 0) is 39.0 Å². The number of carbonyl (C=O) groups excluding carboxylic acids is 2. The van der Waals surface area contributed by atoms with E-state index < -0.39 is 5.54 Å². The van der Waals surface area contributed by atoms with E-state index in [4.69, 9.17) is 0 Å². The Morgan fingerprint density at radius 3 is 2.48 bits per heavy atom. The van der Waals surface area contributed by atoms with Crippen LogP contribution in [0.25, 0.3) is 0 Å². The second-order valence-electron chi connectivity index (χ2n) is 7.12. The molecule has 0 aromatic heterocycles. The SMILES string of the molecule is CC(C)=CCN1C(=O)C(CC(C)C)NC(=O)C12CCCC2. The molecule has 2 fully saturated rings. The third kappa shape index (κ3) is 3.14. The van der Waals surface area contributed by atoms with E-state index in [1.807, 2.05) is 18.7 Å². The molecule has 4 heteroatoms. The monoisotopic (exact) mass is 292 g/mol. The van der Waals surface area contributed by atoms with Gasteiger partial charge in [-0.15, -0.1) is 0 Å². The number of piperazine rings is 1. The number of rotatable bonds is 4. The zero-order valence-electron chi connectivity index (χ0n) is 13.7. The highest BCUT2D eigenvalue weighted by atomic mass is 16.2. The molecule has 1 saturated carbocycles. The Balaban J connectivity index is 2.28. The van der Waals surface area contributed by atoms with Crippen molar-refractivity contribution in [2.45, 2.75) is 71.4 Å². The third-order valence-corrected chi connectivity index (χ3v) is 4.63. The molecular weight excluding hydrogens is 264 g/mol. The summed E-state index contributed by atoms with van der Waals surface area (Å²) in [6, 6.07) is -0.353. The number of carbonyl (C=O) groups is 2. The van der Waals surface area contributed by atoms with Crippen molar-refractivity contribution in [2.75, 3.05) is 6.54 Å². The Hall–Kier alpha value is -1.32. The summed E-state index contributed by atoms with van der Waals surface area (Å²) in [5.74, 6) is 0.553. The quantitative estimate of drug-likeness (QED) is 0.810. The zero-order chi connectivity index (χ0) is 15.6. The highest BCUT2D eigenvalue weighted by Gasteiger charge is 2.53. The Labute approximate surface area is 128 Å². The van der Waals surface area contributed by atoms with E-state index >= 15 is 0 Å². The Morgan fingerprint density at radius 2 is 1.95 bits per heavy atom. The predicted molar refractivity (Wildman–Crippen MR) is 83.7 cm³/mol. The first-order valence-corrected chi connectivity index (χ1v) is 8.12. The number of nitrogens with one attached hydrogen (secondary N) is 1. The third-order valence-electron chi connectivity index (χ3n) is 4.63. The van der Waals surface area contributed by atoms with Gasteiger partial charge in [0, 0.05) is 6.54 Å². The van der Waals surface area contributed by atoms with Gasteiger partial charge in [-0.2, -0.15) is 0 Å². The van der Waals surface area contributed by atoms with Crippen LogP contribution in [-0.2, 0) is 9.59 Å². The normalized spacial score (nSPS) is 24.6. The fraction of sp³-hybridized carbons (Fsp3) is 0.765. The van der Waals surface area contributed by atoms with Crippen LogP contribution in [0.1, 0.15) is 59.8 Å². The minimum absolute atomic E-state index is 0.0624. The summed E-state index contributed by atoms with van der Waals surface area (Å²) in [6.45, 7) is 8.78. The lowest BCUT2D eigenvalue weighted by Crippen LogP contribution is -2.69. The van der Waals surface area contributed by atoms with Crippen molar-refractivity contribution in [2.24, 2.45) is 5.92 Å². The van der Waals surface area contributed by atoms with Crippen molar-refractivity contribution in [3.05, 3.63) is 11.6 Å². The van der Waals surface area contributed by atoms with Crippen molar-refractivity contribution < 1.29 is 9.59 Å². The molecule has 118 valence electrons. The highest BCUT2D eigenvalue weighted by molar-refractivity contribution is 6.00. The first kappa shape index (κ1) is 16.1. The van der Waals surface area contributed by atoms with Gasteiger partial charge < -0.3 is 10.2 Å². The van der Waals surface area contributed by atoms with Gasteiger partial charge in [0.05, 0.1) is 0 Å². The number of hydrogen-bond acceptors (Lipinski definition) is 2. The summed E-state index contributed by atoms with van der Waals surface area (Å²) in [5.41, 5.74) is 0.596. The Bertz CT molecular complexity index is 444. The van der Waals surface area contributed by atoms with Crippen molar-refractivity contribution in [1.29, 1.82) is 0 Å². The van der Waals surface area contributed by atoms with Gasteiger partial charge >= 0.3 is 0 Å². The number of hydrogen-bond donors (Lipinski definition) is 1. The molecule has 21 heavy (non-hydrogen) atoms. The molecular formula is C17H28N2O2. The van der Waals surface area contributed by atoms with E-state index in [2.05, 4.69) is 25.2 Å². The molecule has 1 N–H and O–H groups in total. The Kier molecular flexibility index (Phi) is 4.74. The maximum absolute atomic E-state index is 12.9. The van der Waals surface area contributed by atoms with Gasteiger partial charge in [-0.3, -0.25) is 9.59 Å². The predicted octanol–water partition coefficient (Wildman–Crippen LogP) is 2.64. The van der Waals surface area contributed by atoms with Crippen LogP contribution in [0.2, 0.25) is 0 Å². The molecule has 1 saturated heterocycles. The first-order chi connectivity index (χ1) is 9.86. The van der Waals surface area contributed by atoms with E-state index in [1.54, 1.807) is 0 Å². The lowest BCUT2D eigenvalue weighted by molar-refractivity contribution is -0.156. The largest absolute Gasteiger partial charge is 0.342 e. The smallest absolute Gasteiger partial charge is 0.246 e. The number of nitrogens with zero attached hydrogens (tertiary/aromatic N) is 1. The highest BCUT2D eigenvalue weighted by Crippen LogP contribution is 2.38. The molecule has 0 aromatic carbocycles. The summed E-state index contributed by atoms with van der Waals surface area (Å²) in [7, 11) is 0. The van der Waals surface area contributed by atoms with Gasteiger partial charge in [0.15, 0.2) is 0 Å². The van der Waals surface area contributed by atoms with Gasteiger partial charge in [-0.1, -0.05) is 38.3 Å². The molecule has 1 aliphatic heterocycles. The summed E-state index contributed by atoms with van der Waals surface area (Å²) in [4.78, 5) is 27.4. The van der Waals surface area contributed by atoms with Crippen molar-refractivity contribution in [3.63, 3.8) is 0 Å². The molecule has 2 rings (SSSR count). The van der Waals surface area contributed by atoms with Crippen LogP contribution < -0.4 is 5.32 Å². The van der Waals surface area contributed by atoms with Gasteiger partial charge in [0.1, 0.15) is 11.6 Å². The van der Waals surface area contributed by atoms with Crippen LogP contribution in [0.4, 0.5) is 0 Å². The molecule has 1 atom stereocenters. The summed E-state index contributed by atoms with van der Waals surface area (Å²) < 4.78 is 0. The average Bonchev–Trinajstić information content (AvgIpc) is 2.86. The molecule has 2 amide bonds. The van der Waals surface area contributed by atoms with Crippen LogP contribution in [-0.4, -0.2) is 34.8 Å². The standard InChI is InChI=1S/C17H28N2O2/c1-12(2)7-10-19-15(20)14(11-13(3)4)18-16(21)17(19)8-5-6-9-17/h7,13-14H,5-6,8-11H2,1-4H3,(H,18,21). The van der Waals surface area contributed by atoms with Gasteiger partial charge in [0.2, 0.25) is 11.8 Å². The van der Waals surface area contributed by atoms with Crippen molar-refractivity contribution in [1.82, 2.24) is 10.2 Å². The zero-order valence-corrected chi connectivity index (χ0v) is 13.7. The van der Waals surface area contributed by atoms with Crippen LogP contribution in [0.15, 0.2) is 11.6 Å². The molecule has 2 aliphatic rings. The van der Waals surface area contributed by atoms with Gasteiger partial charge in [-0.25, -0.2) is 0 Å². The van der Waals surface area contributed by atoms with E-state index in [1.165, 1.54) is 5.57 Å². The minimum Gasteiger partial charge on any atom is -0.342 e. The molecule has 1 spiro atoms. The number of allylic oxidation sites excluding steroid dienone is 1. The van der Waals surface area contributed by atoms with Gasteiger partial charge in [0.25, 0.3) is 0 Å². The molecule has 1 heterocycles. The second-order valence-corrected chi connectivity index (χ2v) is 7.12. The fourth-order valence-electron chi connectivity index (χ4n) is 3.50. The summed E-state index contributed by atoms with van der Waals surface area (Å²) in [5, 5.41) is 3.00. The van der Waals surface area contributed by atoms with Crippen LogP contribution in [0.3, 0.4) is 0 Å². The van der Waals surface area contributed by atoms with E-state index in [0.29, 0.717) is 18.9 Å². The van der Waals surface area contributed by atoms with Crippen molar-refractivity contribution in [3.8, 4) is 0 Å². The summed E-state index contributed by atoms with van der Waals surface area (Å²) in [6.07, 6.45) is 6.43. The maximum Gasteiger partial charge on any atom is 0.246 e. The Morgan fingerprint density at radius 1 is 1.33 bits per heavy atom. The molecule has 4 nitrogen and oxygen atoms in total. The molecule has 1 unspecified atom stereocenters. The van der Waals surface area contributed by atoms with Crippen LogP contribution >= 0.6 is 0 Å². The van der Waals surface area contributed by atoms with E-state index in [9.17, 15) is 9.59 Å². The van der Waals surface area contributed by atoms with Crippen LogP contribution in [0, 0.1) is 5.92 Å². The van der Waals surface area contributed by atoms with Crippen LogP contribution in [0.5, 0.6) is 0 Å². The van der Waals surface area contributed by atoms with Crippen molar-refractivity contribution >= 4 is 11.8 Å². The number of amides is 2. The molecule has 0 aromatic rings. The second kappa shape index (κ2) is 6.20. The average molecular weight is 292 g/mol. The molecule has 1 aliphatic carbocycles. The topological polar surface area (TPSA) is 49.4 Å². The lowest BCUT2D eigenvalue weighted by Gasteiger charge is -2.46. The first-order valence-electron chi connectivity index (χ1n) is 8.12. The maximum atomic E-state index is 12.9. The van der Waals surface area contributed by atoms with E-state index in [0.717, 1.165) is 25.7 Å². The fourth-order valence-corrected chi connectivity index (χ4v) is 3.50.